The zero-order chi connectivity index (χ0) is 63.9. The number of para-hydroxylation sites is 3. The van der Waals surface area contributed by atoms with Crippen LogP contribution in [-0.2, 0) is 12.8 Å². The number of aliphatic hydroxyl groups excluding tert-OH is 1. The lowest BCUT2D eigenvalue weighted by atomic mass is 9.94. The predicted molar refractivity (Wildman–Crippen MR) is 360 cm³/mol. The Morgan fingerprint density at radius 3 is 1.34 bits per heavy atom. The highest BCUT2D eigenvalue weighted by Crippen LogP contribution is 2.34. The third kappa shape index (κ3) is 15.2. The summed E-state index contributed by atoms with van der Waals surface area (Å²) in [6, 6.07) is 43.8. The summed E-state index contributed by atoms with van der Waals surface area (Å²) in [5.41, 5.74) is 7.01. The Morgan fingerprint density at radius 2 is 0.913 bits per heavy atom. The minimum Gasteiger partial charge on any atom is -0.478 e. The SMILES string of the molecule is CCN(CC)CCCc1ncc2c(n1)c(Nc1ccccc1)nc1cc(C(=O)O)ccc12.O=C(O)c1ccc2c(c1)nc(Nc1ccccc1)c1nc(CC3CCNCC3)ncc12.O=C(O)c1ccc2c(c1)nc(Nc1ccccc1)c1nc(NCCCO)ncc12. The van der Waals surface area contributed by atoms with Crippen LogP contribution >= 0.6 is 0 Å². The number of aryl methyl sites for hydroxylation is 1. The largest absolute Gasteiger partial charge is 0.478 e. The Bertz CT molecular complexity index is 4600. The van der Waals surface area contributed by atoms with Gasteiger partial charge in [0.15, 0.2) is 17.5 Å². The van der Waals surface area contributed by atoms with Crippen LogP contribution < -0.4 is 26.6 Å². The van der Waals surface area contributed by atoms with Crippen LogP contribution in [0.15, 0.2) is 164 Å². The zero-order valence-electron chi connectivity index (χ0n) is 50.8. The number of rotatable bonds is 21. The van der Waals surface area contributed by atoms with Gasteiger partial charge in [0, 0.05) is 94.0 Å². The number of anilines is 7. The van der Waals surface area contributed by atoms with Crippen molar-refractivity contribution in [1.82, 2.24) is 55.1 Å². The number of aromatic nitrogens is 9. The molecule has 9 N–H and O–H groups in total. The van der Waals surface area contributed by atoms with Crippen molar-refractivity contribution in [2.45, 2.75) is 52.4 Å². The lowest BCUT2D eigenvalue weighted by Crippen LogP contribution is -2.29. The quantitative estimate of drug-likeness (QED) is 0.0238. The van der Waals surface area contributed by atoms with Crippen molar-refractivity contribution in [2.24, 2.45) is 5.92 Å². The summed E-state index contributed by atoms with van der Waals surface area (Å²) in [4.78, 5) is 78.8. The molecule has 92 heavy (non-hydrogen) atoms. The minimum absolute atomic E-state index is 0.0828. The first-order valence-electron chi connectivity index (χ1n) is 30.6. The summed E-state index contributed by atoms with van der Waals surface area (Å²) in [7, 11) is 0. The van der Waals surface area contributed by atoms with E-state index in [1.165, 1.54) is 0 Å². The topological polar surface area (TPSA) is 312 Å². The van der Waals surface area contributed by atoms with Crippen LogP contribution in [0.1, 0.15) is 82.3 Å². The van der Waals surface area contributed by atoms with Crippen LogP contribution in [0.25, 0.3) is 65.4 Å². The van der Waals surface area contributed by atoms with E-state index in [1.54, 1.807) is 60.8 Å². The Kier molecular flexibility index (Phi) is 20.1. The first-order valence-corrected chi connectivity index (χ1v) is 30.6. The number of piperidine rings is 1. The number of aromatic carboxylic acids is 3. The molecule has 0 unspecified atom stereocenters. The molecule has 6 aromatic heterocycles. The van der Waals surface area contributed by atoms with Crippen LogP contribution in [0.4, 0.5) is 40.5 Å². The number of pyridine rings is 3. The number of aliphatic hydroxyl groups is 1. The van der Waals surface area contributed by atoms with Gasteiger partial charge in [-0.15, -0.1) is 0 Å². The van der Waals surface area contributed by atoms with Crippen molar-refractivity contribution in [3.63, 3.8) is 0 Å². The van der Waals surface area contributed by atoms with E-state index in [1.807, 2.05) is 103 Å². The van der Waals surface area contributed by atoms with E-state index in [0.717, 1.165) is 137 Å². The molecule has 0 saturated carbocycles. The molecule has 7 heterocycles. The van der Waals surface area contributed by atoms with Gasteiger partial charge >= 0.3 is 17.9 Å². The number of fused-ring (bicyclic) bond motifs is 9. The van der Waals surface area contributed by atoms with Gasteiger partial charge in [0.1, 0.15) is 28.2 Å². The molecule has 466 valence electrons. The Hall–Kier alpha value is -10.9. The molecule has 22 nitrogen and oxygen atoms in total. The molecule has 0 aliphatic carbocycles. The van der Waals surface area contributed by atoms with Crippen molar-refractivity contribution in [3.8, 4) is 0 Å². The van der Waals surface area contributed by atoms with E-state index in [0.29, 0.717) is 64.4 Å². The van der Waals surface area contributed by atoms with Crippen LogP contribution in [0, 0.1) is 5.92 Å². The average Bonchev–Trinajstić information content (AvgIpc) is 0.794. The third-order valence-corrected chi connectivity index (χ3v) is 15.9. The number of hydrogen-bond donors (Lipinski definition) is 9. The highest BCUT2D eigenvalue weighted by Gasteiger charge is 2.20. The lowest BCUT2D eigenvalue weighted by molar-refractivity contribution is 0.0686. The van der Waals surface area contributed by atoms with Crippen LogP contribution in [-0.4, -0.2) is 134 Å². The molecule has 0 radical (unpaired) electrons. The van der Waals surface area contributed by atoms with Gasteiger partial charge in [-0.2, -0.15) is 0 Å². The smallest absolute Gasteiger partial charge is 0.335 e. The molecule has 1 aliphatic rings. The first-order chi connectivity index (χ1) is 44.9. The highest BCUT2D eigenvalue weighted by molar-refractivity contribution is 6.12. The summed E-state index contributed by atoms with van der Waals surface area (Å²) in [6.07, 6.45) is 10.8. The number of nitrogens with zero attached hydrogens (tertiary/aromatic N) is 10. The average molecular weight is 1230 g/mol. The zero-order valence-corrected chi connectivity index (χ0v) is 50.8. The maximum Gasteiger partial charge on any atom is 0.335 e. The van der Waals surface area contributed by atoms with Gasteiger partial charge in [-0.05, 0) is 137 Å². The highest BCUT2D eigenvalue weighted by atomic mass is 16.4. The van der Waals surface area contributed by atoms with E-state index in [-0.39, 0.29) is 23.3 Å². The second-order valence-corrected chi connectivity index (χ2v) is 22.1. The van der Waals surface area contributed by atoms with Crippen molar-refractivity contribution in [2.75, 3.05) is 67.1 Å². The Balaban J connectivity index is 0.000000142. The maximum absolute atomic E-state index is 11.4. The van der Waals surface area contributed by atoms with Gasteiger partial charge in [0.25, 0.3) is 0 Å². The van der Waals surface area contributed by atoms with E-state index in [9.17, 15) is 29.7 Å². The summed E-state index contributed by atoms with van der Waals surface area (Å²) < 4.78 is 0. The number of carbonyl (C=O) groups is 3. The fraction of sp³-hybridized carbons (Fsp3) is 0.229. The molecule has 1 saturated heterocycles. The molecule has 22 heteroatoms. The molecular formula is C70H69N15O7. The van der Waals surface area contributed by atoms with Crippen molar-refractivity contribution in [3.05, 3.63) is 193 Å². The van der Waals surface area contributed by atoms with E-state index >= 15 is 0 Å². The standard InChI is InChI=1S/C25H27N5O2.C24H23N5O2.C21H19N5O3/c1-3-30(4-2)14-8-11-22-26-16-20-19-13-12-17(25(31)32)15-21(19)28-24(23(20)29-22)27-18-9-6-5-7-10-18;30-24(31)16-6-7-18-19-14-26-21(12-15-8-10-25-11-9-15)29-22(19)23(28-20(18)13-16)27-17-4-2-1-3-5-17;27-10-4-9-22-21-23-12-16-15-8-7-13(20(28)29)11-17(15)25-19(18(16)26-21)24-14-5-2-1-3-6-14/h5-7,9-10,12-13,15-16H,3-4,8,11,14H2,1-2H3,(H,27,28)(H,31,32);1-7,13-15,25H,8-12H2,(H,27,28)(H,30,31);1-3,5-8,11-12,27H,4,9-10H2,(H,24,25)(H,28,29)(H,22,23,26). The molecule has 0 bridgehead atoms. The molecule has 6 aromatic carbocycles. The third-order valence-electron chi connectivity index (χ3n) is 15.9. The summed E-state index contributed by atoms with van der Waals surface area (Å²) in [5.74, 6) is 1.35. The molecule has 1 fully saturated rings. The van der Waals surface area contributed by atoms with Crippen molar-refractivity contribution >= 4 is 124 Å². The number of carboxylic acids is 3. The van der Waals surface area contributed by atoms with E-state index in [2.05, 4.69) is 70.3 Å². The van der Waals surface area contributed by atoms with Crippen LogP contribution in [0.5, 0.6) is 0 Å². The van der Waals surface area contributed by atoms with Gasteiger partial charge in [-0.1, -0.05) is 86.6 Å². The second kappa shape index (κ2) is 29.6. The molecule has 0 atom stereocenters. The van der Waals surface area contributed by atoms with E-state index in [4.69, 9.17) is 25.0 Å². The van der Waals surface area contributed by atoms with Crippen LogP contribution in [0.2, 0.25) is 0 Å². The van der Waals surface area contributed by atoms with Gasteiger partial charge < -0.3 is 51.9 Å². The lowest BCUT2D eigenvalue weighted by Gasteiger charge is -2.22. The summed E-state index contributed by atoms with van der Waals surface area (Å²) in [6.45, 7) is 10.1. The van der Waals surface area contributed by atoms with Gasteiger partial charge in [0.05, 0.1) is 33.2 Å². The molecular weight excluding hydrogens is 1160 g/mol. The number of benzene rings is 6. The van der Waals surface area contributed by atoms with Gasteiger partial charge in [0.2, 0.25) is 5.95 Å². The normalized spacial score (nSPS) is 12.3. The van der Waals surface area contributed by atoms with E-state index < -0.39 is 17.9 Å². The summed E-state index contributed by atoms with van der Waals surface area (Å²) >= 11 is 0. The monoisotopic (exact) mass is 1230 g/mol. The molecule has 13 rings (SSSR count). The first kappa shape index (κ1) is 62.7. The number of carboxylic acid groups (broad SMARTS) is 3. The Labute approximate surface area is 529 Å². The fourth-order valence-electron chi connectivity index (χ4n) is 11.0. The molecule has 0 amide bonds. The molecule has 12 aromatic rings. The van der Waals surface area contributed by atoms with Crippen LogP contribution in [0.3, 0.4) is 0 Å². The number of hydrogen-bond acceptors (Lipinski definition) is 19. The fourth-order valence-corrected chi connectivity index (χ4v) is 11.0. The second-order valence-electron chi connectivity index (χ2n) is 22.1. The number of nitrogens with one attached hydrogen (secondary N) is 5. The minimum atomic E-state index is -1.01. The van der Waals surface area contributed by atoms with Crippen molar-refractivity contribution in [1.29, 1.82) is 0 Å². The predicted octanol–water partition coefficient (Wildman–Crippen LogP) is 12.5. The molecule has 0 spiro atoms. The Morgan fingerprint density at radius 1 is 0.500 bits per heavy atom. The van der Waals surface area contributed by atoms with Gasteiger partial charge in [-0.3, -0.25) is 0 Å². The summed E-state index contributed by atoms with van der Waals surface area (Å²) in [5, 5.41) is 58.4. The van der Waals surface area contributed by atoms with Crippen molar-refractivity contribution < 1.29 is 34.8 Å². The molecule has 1 aliphatic heterocycles. The van der Waals surface area contributed by atoms with Gasteiger partial charge in [-0.25, -0.2) is 59.2 Å². The maximum atomic E-state index is 11.4.